The van der Waals surface area contributed by atoms with Gasteiger partial charge >= 0.3 is 0 Å². The number of amides is 1. The zero-order chi connectivity index (χ0) is 14.0. The number of hydrogen-bond acceptors (Lipinski definition) is 6. The monoisotopic (exact) mass is 264 g/mol. The third kappa shape index (κ3) is 2.54. The summed E-state index contributed by atoms with van der Waals surface area (Å²) < 4.78 is 0. The summed E-state index contributed by atoms with van der Waals surface area (Å²) in [5.74, 6) is 0.188. The molecule has 2 heterocycles. The highest BCUT2D eigenvalue weighted by Crippen LogP contribution is 2.22. The average Bonchev–Trinajstić information content (AvgIpc) is 2.96. The number of carbonyl (C=O) groups excluding carboxylic acids is 1. The van der Waals surface area contributed by atoms with Crippen molar-refractivity contribution >= 4 is 11.6 Å². The average molecular weight is 264 g/mol. The van der Waals surface area contributed by atoms with Gasteiger partial charge in [0.1, 0.15) is 0 Å². The molecule has 1 amide bonds. The van der Waals surface area contributed by atoms with Crippen molar-refractivity contribution in [3.05, 3.63) is 17.2 Å². The van der Waals surface area contributed by atoms with E-state index < -0.39 is 0 Å². The number of nitrogens with zero attached hydrogens (tertiary/aromatic N) is 4. The van der Waals surface area contributed by atoms with Crippen LogP contribution in [-0.4, -0.2) is 36.7 Å². The Kier molecular flexibility index (Phi) is 3.45. The SMILES string of the molecule is CC(C)c1[nH]nc(C(=O)NC(C)c2nn[nH]n2)c1N. The summed E-state index contributed by atoms with van der Waals surface area (Å²) in [5, 5.41) is 22.8. The van der Waals surface area contributed by atoms with Crippen molar-refractivity contribution in [3.8, 4) is 0 Å². The summed E-state index contributed by atoms with van der Waals surface area (Å²) >= 11 is 0. The van der Waals surface area contributed by atoms with Crippen molar-refractivity contribution in [1.29, 1.82) is 0 Å². The van der Waals surface area contributed by atoms with E-state index in [1.165, 1.54) is 0 Å². The van der Waals surface area contributed by atoms with Crippen molar-refractivity contribution in [2.45, 2.75) is 32.7 Å². The van der Waals surface area contributed by atoms with Gasteiger partial charge in [-0.1, -0.05) is 19.1 Å². The number of hydrogen-bond donors (Lipinski definition) is 4. The van der Waals surface area contributed by atoms with Gasteiger partial charge in [0.25, 0.3) is 5.91 Å². The van der Waals surface area contributed by atoms with Gasteiger partial charge in [0, 0.05) is 0 Å². The molecule has 2 rings (SSSR count). The number of nitrogen functional groups attached to an aromatic ring is 1. The zero-order valence-electron chi connectivity index (χ0n) is 10.9. The maximum Gasteiger partial charge on any atom is 0.274 e. The smallest absolute Gasteiger partial charge is 0.274 e. The molecule has 2 aromatic rings. The van der Waals surface area contributed by atoms with Gasteiger partial charge in [0.2, 0.25) is 0 Å². The van der Waals surface area contributed by atoms with Gasteiger partial charge in [-0.15, -0.1) is 10.2 Å². The molecule has 0 fully saturated rings. The number of nitrogens with one attached hydrogen (secondary N) is 3. The molecule has 0 radical (unpaired) electrons. The van der Waals surface area contributed by atoms with Crippen molar-refractivity contribution in [2.75, 3.05) is 5.73 Å². The van der Waals surface area contributed by atoms with E-state index in [4.69, 9.17) is 5.73 Å². The fraction of sp³-hybridized carbons (Fsp3) is 0.500. The van der Waals surface area contributed by atoms with Crippen LogP contribution in [0.15, 0.2) is 0 Å². The first-order valence-electron chi connectivity index (χ1n) is 5.88. The van der Waals surface area contributed by atoms with Crippen LogP contribution < -0.4 is 11.1 Å². The highest BCUT2D eigenvalue weighted by molar-refractivity contribution is 5.97. The van der Waals surface area contributed by atoms with Crippen molar-refractivity contribution in [3.63, 3.8) is 0 Å². The van der Waals surface area contributed by atoms with E-state index in [2.05, 4.69) is 36.1 Å². The lowest BCUT2D eigenvalue weighted by atomic mass is 10.1. The minimum absolute atomic E-state index is 0.170. The van der Waals surface area contributed by atoms with E-state index in [0.29, 0.717) is 11.5 Å². The Hall–Kier alpha value is -2.45. The van der Waals surface area contributed by atoms with Crippen LogP contribution in [0.4, 0.5) is 5.69 Å². The molecule has 0 saturated carbocycles. The highest BCUT2D eigenvalue weighted by Gasteiger charge is 2.21. The zero-order valence-corrected chi connectivity index (χ0v) is 10.9. The molecular formula is C10H16N8O. The standard InChI is InChI=1S/C10H16N8O/c1-4(2)7-6(11)8(14-13-7)10(19)12-5(3)9-15-17-18-16-9/h4-5H,11H2,1-3H3,(H,12,19)(H,13,14)(H,15,16,17,18). The molecule has 0 aliphatic rings. The van der Waals surface area contributed by atoms with Gasteiger partial charge in [-0.05, 0) is 12.8 Å². The number of H-pyrrole nitrogens is 2. The molecule has 102 valence electrons. The van der Waals surface area contributed by atoms with Crippen LogP contribution in [0, 0.1) is 0 Å². The minimum atomic E-state index is -0.384. The summed E-state index contributed by atoms with van der Waals surface area (Å²) in [7, 11) is 0. The largest absolute Gasteiger partial charge is 0.395 e. The van der Waals surface area contributed by atoms with Crippen molar-refractivity contribution < 1.29 is 4.79 Å². The number of anilines is 1. The van der Waals surface area contributed by atoms with Gasteiger partial charge in [-0.3, -0.25) is 9.89 Å². The fourth-order valence-corrected chi connectivity index (χ4v) is 1.66. The van der Waals surface area contributed by atoms with E-state index in [9.17, 15) is 4.79 Å². The van der Waals surface area contributed by atoms with Crippen molar-refractivity contribution in [1.82, 2.24) is 36.1 Å². The summed E-state index contributed by atoms with van der Waals surface area (Å²) in [4.78, 5) is 12.0. The number of aromatic nitrogens is 6. The van der Waals surface area contributed by atoms with E-state index in [-0.39, 0.29) is 23.6 Å². The minimum Gasteiger partial charge on any atom is -0.395 e. The summed E-state index contributed by atoms with van der Waals surface area (Å²) in [6, 6.07) is -0.384. The van der Waals surface area contributed by atoms with Crippen LogP contribution in [0.5, 0.6) is 0 Å². The van der Waals surface area contributed by atoms with Crippen LogP contribution in [0.25, 0.3) is 0 Å². The van der Waals surface area contributed by atoms with Gasteiger partial charge in [-0.2, -0.15) is 10.3 Å². The maximum atomic E-state index is 12.0. The van der Waals surface area contributed by atoms with E-state index in [1.807, 2.05) is 13.8 Å². The molecule has 19 heavy (non-hydrogen) atoms. The van der Waals surface area contributed by atoms with Crippen LogP contribution in [0.2, 0.25) is 0 Å². The van der Waals surface area contributed by atoms with Crippen LogP contribution in [-0.2, 0) is 0 Å². The molecule has 0 bridgehead atoms. The van der Waals surface area contributed by atoms with Crippen LogP contribution in [0.1, 0.15) is 54.7 Å². The topological polar surface area (TPSA) is 138 Å². The van der Waals surface area contributed by atoms with Crippen LogP contribution >= 0.6 is 0 Å². The second-order valence-corrected chi connectivity index (χ2v) is 4.52. The lowest BCUT2D eigenvalue weighted by Gasteiger charge is -2.09. The van der Waals surface area contributed by atoms with E-state index in [1.54, 1.807) is 6.92 Å². The molecule has 0 aliphatic heterocycles. The first-order valence-corrected chi connectivity index (χ1v) is 5.88. The quantitative estimate of drug-likeness (QED) is 0.618. The van der Waals surface area contributed by atoms with E-state index >= 15 is 0 Å². The molecular weight excluding hydrogens is 248 g/mol. The molecule has 2 aromatic heterocycles. The second-order valence-electron chi connectivity index (χ2n) is 4.52. The molecule has 0 aromatic carbocycles. The summed E-state index contributed by atoms with van der Waals surface area (Å²) in [6.07, 6.45) is 0. The predicted molar refractivity (Wildman–Crippen MR) is 67.1 cm³/mol. The number of nitrogens with two attached hydrogens (primary N) is 1. The van der Waals surface area contributed by atoms with Crippen LogP contribution in [0.3, 0.4) is 0 Å². The molecule has 5 N–H and O–H groups in total. The summed E-state index contributed by atoms with van der Waals surface area (Å²) in [6.45, 7) is 5.68. The maximum absolute atomic E-state index is 12.0. The van der Waals surface area contributed by atoms with Gasteiger partial charge in [0.15, 0.2) is 11.5 Å². The van der Waals surface area contributed by atoms with Gasteiger partial charge in [-0.25, -0.2) is 0 Å². The Morgan fingerprint density at radius 2 is 2.05 bits per heavy atom. The second kappa shape index (κ2) is 5.04. The third-order valence-electron chi connectivity index (χ3n) is 2.72. The Morgan fingerprint density at radius 1 is 1.32 bits per heavy atom. The lowest BCUT2D eigenvalue weighted by Crippen LogP contribution is -2.28. The molecule has 1 unspecified atom stereocenters. The fourth-order valence-electron chi connectivity index (χ4n) is 1.66. The molecule has 0 spiro atoms. The summed E-state index contributed by atoms with van der Waals surface area (Å²) in [5.41, 5.74) is 7.19. The molecule has 0 saturated heterocycles. The molecule has 0 aliphatic carbocycles. The number of rotatable bonds is 4. The Morgan fingerprint density at radius 3 is 2.58 bits per heavy atom. The highest BCUT2D eigenvalue weighted by atomic mass is 16.2. The molecule has 9 heteroatoms. The van der Waals surface area contributed by atoms with Crippen molar-refractivity contribution in [2.24, 2.45) is 0 Å². The Balaban J connectivity index is 2.12. The number of tetrazole rings is 1. The van der Waals surface area contributed by atoms with E-state index in [0.717, 1.165) is 5.69 Å². The van der Waals surface area contributed by atoms with Gasteiger partial charge in [0.05, 0.1) is 17.4 Å². The first kappa shape index (κ1) is 13.0. The van der Waals surface area contributed by atoms with Gasteiger partial charge < -0.3 is 11.1 Å². The Bertz CT molecular complexity index is 558. The number of aromatic amines is 2. The predicted octanol–water partition coefficient (Wildman–Crippen LogP) is 0.119. The third-order valence-corrected chi connectivity index (χ3v) is 2.72. The molecule has 9 nitrogen and oxygen atoms in total. The number of carbonyl (C=O) groups is 1. The normalized spacial score (nSPS) is 12.6. The Labute approximate surface area is 109 Å². The lowest BCUT2D eigenvalue weighted by molar-refractivity contribution is 0.0934. The first-order chi connectivity index (χ1) is 9.00. The molecule has 1 atom stereocenters.